The molecule has 1 aromatic carbocycles. The first kappa shape index (κ1) is 16.2. The highest BCUT2D eigenvalue weighted by Crippen LogP contribution is 2.16. The third kappa shape index (κ3) is 6.95. The molecule has 20 heavy (non-hydrogen) atoms. The van der Waals surface area contributed by atoms with Crippen molar-refractivity contribution in [2.45, 2.75) is 33.2 Å². The van der Waals surface area contributed by atoms with E-state index in [2.05, 4.69) is 38.0 Å². The van der Waals surface area contributed by atoms with Crippen LogP contribution >= 0.6 is 0 Å². The zero-order valence-electron chi connectivity index (χ0n) is 12.7. The molecule has 0 aliphatic carbocycles. The summed E-state index contributed by atoms with van der Waals surface area (Å²) in [5, 5.41) is 6.07. The third-order valence-electron chi connectivity index (χ3n) is 2.49. The first-order chi connectivity index (χ1) is 9.26. The molecule has 0 aromatic heterocycles. The van der Waals surface area contributed by atoms with Gasteiger partial charge in [0.05, 0.1) is 0 Å². The lowest BCUT2D eigenvalue weighted by molar-refractivity contribution is -0.114. The SMILES string of the molecule is C=C(CNC(C)(C)C)COc1ccc(NC(C)=O)cc1. The van der Waals surface area contributed by atoms with Crippen molar-refractivity contribution in [1.82, 2.24) is 5.32 Å². The number of amides is 1. The van der Waals surface area contributed by atoms with E-state index in [1.54, 1.807) is 0 Å². The number of hydrogen-bond acceptors (Lipinski definition) is 3. The zero-order valence-corrected chi connectivity index (χ0v) is 12.7. The summed E-state index contributed by atoms with van der Waals surface area (Å²) in [4.78, 5) is 10.9. The minimum Gasteiger partial charge on any atom is -0.489 e. The molecule has 4 nitrogen and oxygen atoms in total. The lowest BCUT2D eigenvalue weighted by atomic mass is 10.1. The Kier molecular flexibility index (Phi) is 5.77. The molecular weight excluding hydrogens is 252 g/mol. The van der Waals surface area contributed by atoms with Crippen molar-refractivity contribution in [3.63, 3.8) is 0 Å². The normalized spacial score (nSPS) is 11.0. The van der Waals surface area contributed by atoms with E-state index in [0.29, 0.717) is 6.61 Å². The summed E-state index contributed by atoms with van der Waals surface area (Å²) in [7, 11) is 0. The third-order valence-corrected chi connectivity index (χ3v) is 2.49. The van der Waals surface area contributed by atoms with Crippen LogP contribution in [0, 0.1) is 0 Å². The van der Waals surface area contributed by atoms with Crippen molar-refractivity contribution >= 4 is 11.6 Å². The van der Waals surface area contributed by atoms with Gasteiger partial charge in [-0.1, -0.05) is 6.58 Å². The largest absolute Gasteiger partial charge is 0.489 e. The average Bonchev–Trinajstić information content (AvgIpc) is 2.34. The Balaban J connectivity index is 2.38. The molecule has 1 amide bonds. The van der Waals surface area contributed by atoms with Crippen molar-refractivity contribution in [3.05, 3.63) is 36.4 Å². The summed E-state index contributed by atoms with van der Waals surface area (Å²) in [5.41, 5.74) is 1.83. The number of nitrogens with one attached hydrogen (secondary N) is 2. The highest BCUT2D eigenvalue weighted by molar-refractivity contribution is 5.88. The highest BCUT2D eigenvalue weighted by Gasteiger charge is 2.08. The van der Waals surface area contributed by atoms with Gasteiger partial charge in [-0.05, 0) is 50.6 Å². The lowest BCUT2D eigenvalue weighted by Gasteiger charge is -2.21. The van der Waals surface area contributed by atoms with Crippen LogP contribution in [0.15, 0.2) is 36.4 Å². The molecule has 1 aromatic rings. The molecule has 0 bridgehead atoms. The van der Waals surface area contributed by atoms with Crippen LogP contribution in [-0.2, 0) is 4.79 Å². The minimum absolute atomic E-state index is 0.0724. The maximum absolute atomic E-state index is 10.9. The van der Waals surface area contributed by atoms with Gasteiger partial charge >= 0.3 is 0 Å². The maximum atomic E-state index is 10.9. The van der Waals surface area contributed by atoms with Crippen molar-refractivity contribution in [2.24, 2.45) is 0 Å². The summed E-state index contributed by atoms with van der Waals surface area (Å²) in [6.07, 6.45) is 0. The van der Waals surface area contributed by atoms with Gasteiger partial charge in [-0.2, -0.15) is 0 Å². The van der Waals surface area contributed by atoms with Gasteiger partial charge in [0.25, 0.3) is 0 Å². The van der Waals surface area contributed by atoms with Crippen LogP contribution in [0.1, 0.15) is 27.7 Å². The van der Waals surface area contributed by atoms with Crippen LogP contribution in [0.2, 0.25) is 0 Å². The van der Waals surface area contributed by atoms with Crippen molar-refractivity contribution in [2.75, 3.05) is 18.5 Å². The van der Waals surface area contributed by atoms with Crippen molar-refractivity contribution in [1.29, 1.82) is 0 Å². The highest BCUT2D eigenvalue weighted by atomic mass is 16.5. The number of carbonyl (C=O) groups is 1. The van der Waals surface area contributed by atoms with Gasteiger partial charge in [0.1, 0.15) is 12.4 Å². The Morgan fingerprint density at radius 2 is 1.85 bits per heavy atom. The van der Waals surface area contributed by atoms with E-state index in [-0.39, 0.29) is 11.4 Å². The minimum atomic E-state index is -0.0831. The Hall–Kier alpha value is -1.81. The van der Waals surface area contributed by atoms with Gasteiger partial charge in [0.2, 0.25) is 5.91 Å². The second-order valence-electron chi connectivity index (χ2n) is 5.85. The van der Waals surface area contributed by atoms with Gasteiger partial charge < -0.3 is 15.4 Å². The van der Waals surface area contributed by atoms with Crippen LogP contribution in [0.5, 0.6) is 5.75 Å². The van der Waals surface area contributed by atoms with Crippen molar-refractivity contribution in [3.8, 4) is 5.75 Å². The Bertz CT molecular complexity index is 458. The average molecular weight is 276 g/mol. The quantitative estimate of drug-likeness (QED) is 0.785. The molecule has 4 heteroatoms. The molecule has 0 atom stereocenters. The van der Waals surface area contributed by atoms with E-state index in [0.717, 1.165) is 23.6 Å². The fourth-order valence-corrected chi connectivity index (χ4v) is 1.46. The smallest absolute Gasteiger partial charge is 0.221 e. The van der Waals surface area contributed by atoms with Gasteiger partial charge in [0, 0.05) is 24.7 Å². The summed E-state index contributed by atoms with van der Waals surface area (Å²) in [5.74, 6) is 0.677. The van der Waals surface area contributed by atoms with E-state index >= 15 is 0 Å². The lowest BCUT2D eigenvalue weighted by Crippen LogP contribution is -2.37. The summed E-state index contributed by atoms with van der Waals surface area (Å²) >= 11 is 0. The number of carbonyl (C=O) groups excluding carboxylic acids is 1. The molecule has 0 aliphatic heterocycles. The molecule has 110 valence electrons. The van der Waals surface area contributed by atoms with E-state index in [1.807, 2.05) is 24.3 Å². The fourth-order valence-electron chi connectivity index (χ4n) is 1.46. The van der Waals surface area contributed by atoms with Crippen LogP contribution < -0.4 is 15.4 Å². The van der Waals surface area contributed by atoms with Gasteiger partial charge in [-0.25, -0.2) is 0 Å². The topological polar surface area (TPSA) is 50.4 Å². The molecule has 0 aliphatic rings. The Morgan fingerprint density at radius 1 is 1.25 bits per heavy atom. The van der Waals surface area contributed by atoms with Gasteiger partial charge in [-0.15, -0.1) is 0 Å². The molecule has 0 heterocycles. The molecule has 2 N–H and O–H groups in total. The van der Waals surface area contributed by atoms with E-state index in [9.17, 15) is 4.79 Å². The second kappa shape index (κ2) is 7.10. The summed E-state index contributed by atoms with van der Waals surface area (Å²) in [6, 6.07) is 7.28. The predicted molar refractivity (Wildman–Crippen MR) is 83.1 cm³/mol. The molecule has 0 radical (unpaired) electrons. The van der Waals surface area contributed by atoms with Crippen LogP contribution in [-0.4, -0.2) is 24.6 Å². The number of hydrogen-bond donors (Lipinski definition) is 2. The maximum Gasteiger partial charge on any atom is 0.221 e. The summed E-state index contributed by atoms with van der Waals surface area (Å²) < 4.78 is 5.64. The molecule has 1 rings (SSSR count). The number of rotatable bonds is 6. The van der Waals surface area contributed by atoms with Crippen LogP contribution in [0.3, 0.4) is 0 Å². The number of benzene rings is 1. The Morgan fingerprint density at radius 3 is 2.35 bits per heavy atom. The van der Waals surface area contributed by atoms with Gasteiger partial charge in [0.15, 0.2) is 0 Å². The molecule has 0 spiro atoms. The molecule has 0 unspecified atom stereocenters. The zero-order chi connectivity index (χ0) is 15.2. The molecular formula is C16H24N2O2. The van der Waals surface area contributed by atoms with E-state index in [4.69, 9.17) is 4.74 Å². The van der Waals surface area contributed by atoms with Gasteiger partial charge in [-0.3, -0.25) is 4.79 Å². The van der Waals surface area contributed by atoms with Crippen LogP contribution in [0.25, 0.3) is 0 Å². The van der Waals surface area contributed by atoms with Crippen molar-refractivity contribution < 1.29 is 9.53 Å². The number of anilines is 1. The monoisotopic (exact) mass is 276 g/mol. The second-order valence-corrected chi connectivity index (χ2v) is 5.85. The fraction of sp³-hybridized carbons (Fsp3) is 0.438. The number of ether oxygens (including phenoxy) is 1. The molecule has 0 fully saturated rings. The predicted octanol–water partition coefficient (Wildman–Crippen LogP) is 2.97. The Labute approximate surface area is 121 Å². The van der Waals surface area contributed by atoms with E-state index < -0.39 is 0 Å². The standard InChI is InChI=1S/C16H24N2O2/c1-12(10-17-16(3,4)5)11-20-15-8-6-14(7-9-15)18-13(2)19/h6-9,17H,1,10-11H2,2-5H3,(H,18,19). The summed E-state index contributed by atoms with van der Waals surface area (Å²) in [6.45, 7) is 13.0. The molecule has 0 saturated heterocycles. The van der Waals surface area contributed by atoms with Crippen LogP contribution in [0.4, 0.5) is 5.69 Å². The first-order valence-corrected chi connectivity index (χ1v) is 6.68. The first-order valence-electron chi connectivity index (χ1n) is 6.68. The van der Waals surface area contributed by atoms with E-state index in [1.165, 1.54) is 6.92 Å². The molecule has 0 saturated carbocycles.